The smallest absolute Gasteiger partial charge is 0.295 e. The first-order chi connectivity index (χ1) is 11.4. The summed E-state index contributed by atoms with van der Waals surface area (Å²) in [7, 11) is 0. The summed E-state index contributed by atoms with van der Waals surface area (Å²) in [4.78, 5) is 48.2. The highest BCUT2D eigenvalue weighted by Crippen LogP contribution is 2.21. The Balaban J connectivity index is 3.13. The van der Waals surface area contributed by atoms with Crippen molar-refractivity contribution in [3.63, 3.8) is 0 Å². The predicted molar refractivity (Wildman–Crippen MR) is 84.7 cm³/mol. The third kappa shape index (κ3) is 4.26. The molecule has 1 heterocycles. The number of carbonyl (C=O) groups excluding carboxylic acids is 4. The van der Waals surface area contributed by atoms with Gasteiger partial charge in [-0.15, -0.1) is 6.42 Å². The first-order valence-corrected chi connectivity index (χ1v) is 7.03. The minimum atomic E-state index is -1.55. The van der Waals surface area contributed by atoms with E-state index in [1.807, 2.05) is 0 Å². The van der Waals surface area contributed by atoms with Crippen LogP contribution in [0, 0.1) is 12.3 Å². The van der Waals surface area contributed by atoms with Gasteiger partial charge in [0.05, 0.1) is 6.54 Å². The molecule has 1 aliphatic heterocycles. The summed E-state index contributed by atoms with van der Waals surface area (Å²) in [6, 6.07) is 0. The van der Waals surface area contributed by atoms with Crippen LogP contribution < -0.4 is 0 Å². The third-order valence-electron chi connectivity index (χ3n) is 3.18. The molecule has 0 aliphatic carbocycles. The normalized spacial score (nSPS) is 15.0. The lowest BCUT2D eigenvalue weighted by Gasteiger charge is -2.33. The monoisotopic (exact) mass is 350 g/mol. The van der Waals surface area contributed by atoms with Gasteiger partial charge in [-0.25, -0.2) is 13.7 Å². The van der Waals surface area contributed by atoms with Gasteiger partial charge in [0.1, 0.15) is 0 Å². The quantitative estimate of drug-likeness (QED) is 0.436. The lowest BCUT2D eigenvalue weighted by molar-refractivity contribution is -0.147. The molecule has 0 atom stereocenters. The summed E-state index contributed by atoms with van der Waals surface area (Å²) in [5.74, 6) is -5.71. The molecule has 0 bridgehead atoms. The molecule has 4 amide bonds. The minimum absolute atomic E-state index is 0.0328. The van der Waals surface area contributed by atoms with E-state index >= 15 is 0 Å². The van der Waals surface area contributed by atoms with Gasteiger partial charge in [0, 0.05) is 17.2 Å². The van der Waals surface area contributed by atoms with E-state index in [-0.39, 0.29) is 11.4 Å². The Morgan fingerprint density at radius 2 is 1.92 bits per heavy atom. The first-order valence-electron chi connectivity index (χ1n) is 7.03. The lowest BCUT2D eigenvalue weighted by Crippen LogP contribution is -2.46. The second kappa shape index (κ2) is 7.21. The number of hydrogen-bond acceptors (Lipinski definition) is 4. The van der Waals surface area contributed by atoms with Crippen molar-refractivity contribution in [3.8, 4) is 12.3 Å². The fraction of sp³-hybridized carbons (Fsp3) is 0.294. The summed E-state index contributed by atoms with van der Waals surface area (Å²) in [6.07, 6.45) is 6.29. The number of nitrogens with zero attached hydrogens (tertiary/aromatic N) is 2. The molecule has 0 aromatic rings. The van der Waals surface area contributed by atoms with Crippen LogP contribution >= 0.6 is 0 Å². The molecule has 0 aromatic carbocycles. The topological polar surface area (TPSA) is 74.8 Å². The molecule has 1 aliphatic rings. The number of imide groups is 3. The van der Waals surface area contributed by atoms with Crippen molar-refractivity contribution < 1.29 is 28.0 Å². The van der Waals surface area contributed by atoms with E-state index in [1.54, 1.807) is 20.8 Å². The predicted octanol–water partition coefficient (Wildman–Crippen LogP) is 1.41. The summed E-state index contributed by atoms with van der Waals surface area (Å²) < 4.78 is 27.1. The van der Waals surface area contributed by atoms with Crippen LogP contribution in [0.1, 0.15) is 20.8 Å². The van der Waals surface area contributed by atoms with E-state index in [0.29, 0.717) is 12.2 Å². The molecule has 132 valence electrons. The van der Waals surface area contributed by atoms with Crippen LogP contribution in [0.25, 0.3) is 0 Å². The zero-order chi connectivity index (χ0) is 19.5. The highest BCUT2D eigenvalue weighted by Gasteiger charge is 2.37. The van der Waals surface area contributed by atoms with Crippen LogP contribution in [0.4, 0.5) is 8.78 Å². The van der Waals surface area contributed by atoms with Gasteiger partial charge in [-0.3, -0.25) is 19.2 Å². The average molecular weight is 350 g/mol. The van der Waals surface area contributed by atoms with E-state index in [0.717, 1.165) is 4.90 Å². The maximum atomic E-state index is 14.2. The fourth-order valence-corrected chi connectivity index (χ4v) is 1.94. The van der Waals surface area contributed by atoms with Crippen molar-refractivity contribution in [2.75, 3.05) is 6.54 Å². The fourth-order valence-electron chi connectivity index (χ4n) is 1.94. The zero-order valence-corrected chi connectivity index (χ0v) is 13.9. The van der Waals surface area contributed by atoms with Crippen LogP contribution in [-0.4, -0.2) is 45.5 Å². The van der Waals surface area contributed by atoms with Crippen LogP contribution in [0.5, 0.6) is 0 Å². The van der Waals surface area contributed by atoms with Gasteiger partial charge in [0.15, 0.2) is 11.7 Å². The number of carbonyl (C=O) groups is 4. The molecule has 0 unspecified atom stereocenters. The Morgan fingerprint density at radius 3 is 2.36 bits per heavy atom. The highest BCUT2D eigenvalue weighted by molar-refractivity contribution is 6.28. The van der Waals surface area contributed by atoms with E-state index in [9.17, 15) is 28.0 Å². The van der Waals surface area contributed by atoms with E-state index in [1.165, 1.54) is 0 Å². The third-order valence-corrected chi connectivity index (χ3v) is 3.18. The summed E-state index contributed by atoms with van der Waals surface area (Å²) in [5, 5.41) is 0. The van der Waals surface area contributed by atoms with Crippen molar-refractivity contribution in [3.05, 3.63) is 36.0 Å². The second-order valence-electron chi connectivity index (χ2n) is 6.05. The van der Waals surface area contributed by atoms with Gasteiger partial charge >= 0.3 is 0 Å². The second-order valence-corrected chi connectivity index (χ2v) is 6.05. The molecular formula is C17H16F2N2O4. The molecule has 0 radical (unpaired) electrons. The van der Waals surface area contributed by atoms with Gasteiger partial charge < -0.3 is 4.90 Å². The Kier molecular flexibility index (Phi) is 5.76. The Hall–Kier alpha value is -3.08. The number of amides is 4. The SMILES string of the molecule is C#CCN(C(=O)/C(F)=C/C1=CC(=O)N(C(=O)C(=C)F)C1=O)C(C)(C)C. The number of rotatable bonds is 4. The van der Waals surface area contributed by atoms with E-state index < -0.39 is 46.4 Å². The lowest BCUT2D eigenvalue weighted by atomic mass is 10.1. The van der Waals surface area contributed by atoms with Gasteiger partial charge in [-0.05, 0) is 26.8 Å². The van der Waals surface area contributed by atoms with Crippen LogP contribution in [0.3, 0.4) is 0 Å². The standard InChI is InChI=1S/C17H16F2N2O4/c1-6-7-20(17(3,4)5)16(25)12(19)8-11-9-13(22)21(15(11)24)14(23)10(2)18/h1,8-9H,2,7H2,3-5H3/b12-8-. The molecule has 25 heavy (non-hydrogen) atoms. The molecule has 1 rings (SSSR count). The van der Waals surface area contributed by atoms with Crippen LogP contribution in [0.15, 0.2) is 36.0 Å². The molecule has 0 N–H and O–H groups in total. The number of terminal acetylenes is 1. The van der Waals surface area contributed by atoms with Gasteiger partial charge in [-0.2, -0.15) is 0 Å². The molecule has 0 fully saturated rings. The summed E-state index contributed by atoms with van der Waals surface area (Å²) >= 11 is 0. The van der Waals surface area contributed by atoms with Crippen molar-refractivity contribution >= 4 is 23.6 Å². The van der Waals surface area contributed by atoms with Crippen LogP contribution in [-0.2, 0) is 19.2 Å². The van der Waals surface area contributed by atoms with Crippen LogP contribution in [0.2, 0.25) is 0 Å². The Bertz CT molecular complexity index is 766. The molecular weight excluding hydrogens is 334 g/mol. The van der Waals surface area contributed by atoms with E-state index in [2.05, 4.69) is 12.5 Å². The molecule has 0 saturated carbocycles. The molecule has 6 nitrogen and oxygen atoms in total. The maximum absolute atomic E-state index is 14.2. The Labute approximate surface area is 143 Å². The molecule has 0 saturated heterocycles. The first kappa shape index (κ1) is 20.0. The highest BCUT2D eigenvalue weighted by atomic mass is 19.1. The summed E-state index contributed by atoms with van der Waals surface area (Å²) in [5.41, 5.74) is -1.37. The molecule has 0 aromatic heterocycles. The molecule has 8 heteroatoms. The number of hydrogen-bond donors (Lipinski definition) is 0. The average Bonchev–Trinajstić information content (AvgIpc) is 2.76. The molecule has 0 spiro atoms. The van der Waals surface area contributed by atoms with E-state index in [4.69, 9.17) is 6.42 Å². The van der Waals surface area contributed by atoms with Gasteiger partial charge in [0.2, 0.25) is 0 Å². The zero-order valence-electron chi connectivity index (χ0n) is 13.9. The minimum Gasteiger partial charge on any atom is -0.321 e. The van der Waals surface area contributed by atoms with Gasteiger partial charge in [0.25, 0.3) is 23.6 Å². The van der Waals surface area contributed by atoms with Gasteiger partial charge in [-0.1, -0.05) is 12.5 Å². The van der Waals surface area contributed by atoms with Crippen molar-refractivity contribution in [1.29, 1.82) is 0 Å². The van der Waals surface area contributed by atoms with Crippen molar-refractivity contribution in [2.45, 2.75) is 26.3 Å². The largest absolute Gasteiger partial charge is 0.321 e. The Morgan fingerprint density at radius 1 is 1.36 bits per heavy atom. The maximum Gasteiger partial charge on any atom is 0.295 e. The van der Waals surface area contributed by atoms with Crippen molar-refractivity contribution in [1.82, 2.24) is 9.80 Å². The number of halogens is 2. The van der Waals surface area contributed by atoms with Crippen molar-refractivity contribution in [2.24, 2.45) is 0 Å². The summed E-state index contributed by atoms with van der Waals surface area (Å²) in [6.45, 7) is 7.41.